The highest BCUT2D eigenvalue weighted by Crippen LogP contribution is 2.27. The number of hydrogen-bond donors (Lipinski definition) is 2. The normalized spacial score (nSPS) is 11.1. The van der Waals surface area contributed by atoms with Crippen molar-refractivity contribution in [2.45, 2.75) is 6.54 Å². The van der Waals surface area contributed by atoms with E-state index in [1.165, 1.54) is 17.0 Å². The largest absolute Gasteiger partial charge is 0.488 e. The van der Waals surface area contributed by atoms with Crippen LogP contribution in [-0.4, -0.2) is 27.4 Å². The maximum Gasteiger partial charge on any atom is 0.409 e. The Bertz CT molecular complexity index is 1110. The average Bonchev–Trinajstić information content (AvgIpc) is 2.65. The summed E-state index contributed by atoms with van der Waals surface area (Å²) in [7, 11) is 0. The molecule has 0 aliphatic carbocycles. The molecular weight excluding hydrogens is 405 g/mol. The highest BCUT2D eigenvalue weighted by Gasteiger charge is 2.06. The Morgan fingerprint density at radius 2 is 2.04 bits per heavy atom. The van der Waals surface area contributed by atoms with Gasteiger partial charge in [0.05, 0.1) is 22.3 Å². The predicted octanol–water partition coefficient (Wildman–Crippen LogP) is 4.43. The van der Waals surface area contributed by atoms with Gasteiger partial charge in [0, 0.05) is 23.3 Å². The summed E-state index contributed by atoms with van der Waals surface area (Å²) >= 11 is 11.9. The van der Waals surface area contributed by atoms with E-state index in [0.717, 1.165) is 0 Å². The highest BCUT2D eigenvalue weighted by molar-refractivity contribution is 6.34. The van der Waals surface area contributed by atoms with E-state index in [2.05, 4.69) is 10.3 Å². The molecule has 2 aromatic carbocycles. The van der Waals surface area contributed by atoms with E-state index in [1.54, 1.807) is 42.5 Å². The second-order valence-electron chi connectivity index (χ2n) is 5.72. The predicted molar refractivity (Wildman–Crippen MR) is 109 cm³/mol. The van der Waals surface area contributed by atoms with Gasteiger partial charge in [0.2, 0.25) is 0 Å². The zero-order chi connectivity index (χ0) is 20.1. The van der Waals surface area contributed by atoms with Crippen molar-refractivity contribution >= 4 is 45.9 Å². The van der Waals surface area contributed by atoms with Crippen LogP contribution in [0.25, 0.3) is 10.9 Å². The molecule has 0 saturated carbocycles. The molecule has 3 rings (SSSR count). The first-order chi connectivity index (χ1) is 13.4. The van der Waals surface area contributed by atoms with Gasteiger partial charge in [-0.2, -0.15) is 0 Å². The van der Waals surface area contributed by atoms with Gasteiger partial charge in [-0.15, -0.1) is 0 Å². The Morgan fingerprint density at radius 3 is 2.82 bits per heavy atom. The number of ether oxygens (including phenoxy) is 1. The van der Waals surface area contributed by atoms with Gasteiger partial charge in [-0.25, -0.2) is 9.78 Å². The van der Waals surface area contributed by atoms with Crippen LogP contribution < -0.4 is 15.6 Å². The molecule has 1 amide bonds. The van der Waals surface area contributed by atoms with Crippen molar-refractivity contribution in [2.24, 2.45) is 0 Å². The van der Waals surface area contributed by atoms with Gasteiger partial charge in [-0.05, 0) is 36.4 Å². The fourth-order valence-electron chi connectivity index (χ4n) is 2.47. The van der Waals surface area contributed by atoms with Crippen LogP contribution >= 0.6 is 23.2 Å². The number of rotatable bonds is 6. The Kier molecular flexibility index (Phi) is 6.18. The van der Waals surface area contributed by atoms with Crippen LogP contribution in [0.2, 0.25) is 10.0 Å². The Morgan fingerprint density at radius 1 is 1.21 bits per heavy atom. The first-order valence-electron chi connectivity index (χ1n) is 8.16. The van der Waals surface area contributed by atoms with Crippen molar-refractivity contribution in [3.8, 4) is 5.75 Å². The van der Waals surface area contributed by atoms with Crippen molar-refractivity contribution in [3.63, 3.8) is 0 Å². The van der Waals surface area contributed by atoms with E-state index >= 15 is 0 Å². The molecule has 0 saturated heterocycles. The summed E-state index contributed by atoms with van der Waals surface area (Å²) in [6, 6.07) is 9.54. The number of hydrogen-bond acceptors (Lipinski definition) is 4. The second-order valence-corrected chi connectivity index (χ2v) is 6.56. The minimum absolute atomic E-state index is 0.252. The van der Waals surface area contributed by atoms with Gasteiger partial charge in [0.25, 0.3) is 5.56 Å². The lowest BCUT2D eigenvalue weighted by Gasteiger charge is -2.07. The van der Waals surface area contributed by atoms with Crippen LogP contribution in [0.15, 0.2) is 59.7 Å². The molecule has 1 heterocycles. The third kappa shape index (κ3) is 4.82. The molecule has 0 spiro atoms. The molecule has 0 atom stereocenters. The quantitative estimate of drug-likeness (QED) is 0.576. The third-order valence-electron chi connectivity index (χ3n) is 3.77. The van der Waals surface area contributed by atoms with Crippen LogP contribution in [0.4, 0.5) is 10.5 Å². The van der Waals surface area contributed by atoms with E-state index in [0.29, 0.717) is 32.4 Å². The van der Waals surface area contributed by atoms with Gasteiger partial charge in [0.15, 0.2) is 0 Å². The van der Waals surface area contributed by atoms with Crippen molar-refractivity contribution in [2.75, 3.05) is 11.9 Å². The van der Waals surface area contributed by atoms with Crippen LogP contribution in [0.1, 0.15) is 0 Å². The zero-order valence-corrected chi connectivity index (χ0v) is 15.9. The molecule has 1 aromatic heterocycles. The number of nitrogens with zero attached hydrogens (tertiary/aromatic N) is 2. The average molecular weight is 420 g/mol. The molecule has 0 aliphatic rings. The van der Waals surface area contributed by atoms with Crippen LogP contribution in [0.3, 0.4) is 0 Å². The van der Waals surface area contributed by atoms with Gasteiger partial charge in [0.1, 0.15) is 12.4 Å². The maximum atomic E-state index is 12.6. The number of amides is 1. The minimum Gasteiger partial charge on any atom is -0.488 e. The van der Waals surface area contributed by atoms with Gasteiger partial charge < -0.3 is 9.84 Å². The van der Waals surface area contributed by atoms with E-state index in [-0.39, 0.29) is 18.7 Å². The molecule has 7 nitrogen and oxygen atoms in total. The summed E-state index contributed by atoms with van der Waals surface area (Å²) in [5, 5.41) is 12.3. The second kappa shape index (κ2) is 8.77. The van der Waals surface area contributed by atoms with E-state index < -0.39 is 6.09 Å². The number of carboxylic acid groups (broad SMARTS) is 1. The molecule has 3 aromatic rings. The lowest BCUT2D eigenvalue weighted by Crippen LogP contribution is -2.20. The number of fused-ring (bicyclic) bond motifs is 1. The lowest BCUT2D eigenvalue weighted by atomic mass is 10.2. The fraction of sp³-hybridized carbons (Fsp3) is 0.105. The smallest absolute Gasteiger partial charge is 0.409 e. The first-order valence-corrected chi connectivity index (χ1v) is 8.91. The van der Waals surface area contributed by atoms with Crippen molar-refractivity contribution in [1.82, 2.24) is 9.55 Å². The number of anilines is 1. The van der Waals surface area contributed by atoms with Gasteiger partial charge >= 0.3 is 6.09 Å². The summed E-state index contributed by atoms with van der Waals surface area (Å²) in [4.78, 5) is 27.6. The molecule has 0 unspecified atom stereocenters. The Labute approximate surface area is 169 Å². The van der Waals surface area contributed by atoms with Gasteiger partial charge in [-0.3, -0.25) is 14.7 Å². The minimum atomic E-state index is -1.20. The maximum absolute atomic E-state index is 12.6. The summed E-state index contributed by atoms with van der Waals surface area (Å²) in [6.07, 6.45) is 3.74. The lowest BCUT2D eigenvalue weighted by molar-refractivity contribution is 0.210. The topological polar surface area (TPSA) is 93.5 Å². The SMILES string of the molecule is O=C(O)Nc1ccc2ncn(CC=CCOc3cc(Cl)ccc3Cl)c(=O)c2c1. The monoisotopic (exact) mass is 419 g/mol. The molecule has 0 radical (unpaired) electrons. The van der Waals surface area contributed by atoms with E-state index in [1.807, 2.05) is 0 Å². The van der Waals surface area contributed by atoms with Crippen molar-refractivity contribution in [3.05, 3.63) is 75.3 Å². The highest BCUT2D eigenvalue weighted by atomic mass is 35.5. The molecular formula is C19H15Cl2N3O4. The summed E-state index contributed by atoms with van der Waals surface area (Å²) in [6.45, 7) is 0.535. The summed E-state index contributed by atoms with van der Waals surface area (Å²) < 4.78 is 6.95. The van der Waals surface area contributed by atoms with E-state index in [4.69, 9.17) is 33.0 Å². The van der Waals surface area contributed by atoms with Gasteiger partial charge in [-0.1, -0.05) is 29.3 Å². The van der Waals surface area contributed by atoms with Crippen LogP contribution in [0.5, 0.6) is 5.75 Å². The number of carbonyl (C=O) groups is 1. The third-order valence-corrected chi connectivity index (χ3v) is 4.32. The number of aromatic nitrogens is 2. The number of halogens is 2. The molecule has 28 heavy (non-hydrogen) atoms. The van der Waals surface area contributed by atoms with Crippen LogP contribution in [0, 0.1) is 0 Å². The Balaban J connectivity index is 1.69. The number of nitrogens with one attached hydrogen (secondary N) is 1. The Hall–Kier alpha value is -3.03. The molecule has 0 fully saturated rings. The standard InChI is InChI=1S/C19H15Cl2N3O4/c20-12-3-5-15(21)17(9-12)28-8-2-1-7-24-11-22-16-6-4-13(23-19(26)27)10-14(16)18(24)25/h1-6,9-11,23H,7-8H2,(H,26,27). The van der Waals surface area contributed by atoms with Crippen LogP contribution in [-0.2, 0) is 6.54 Å². The molecule has 0 aliphatic heterocycles. The fourth-order valence-corrected chi connectivity index (χ4v) is 2.81. The van der Waals surface area contributed by atoms with Crippen molar-refractivity contribution in [1.29, 1.82) is 0 Å². The zero-order valence-electron chi connectivity index (χ0n) is 14.4. The number of allylic oxidation sites excluding steroid dienone is 1. The summed E-state index contributed by atoms with van der Waals surface area (Å²) in [5.41, 5.74) is 0.515. The molecule has 0 bridgehead atoms. The van der Waals surface area contributed by atoms with Crippen molar-refractivity contribution < 1.29 is 14.6 Å². The van der Waals surface area contributed by atoms with E-state index in [9.17, 15) is 9.59 Å². The summed E-state index contributed by atoms with van der Waals surface area (Å²) in [5.74, 6) is 0.474. The number of benzene rings is 2. The first kappa shape index (κ1) is 19.7. The molecule has 9 heteroatoms. The molecule has 144 valence electrons. The molecule has 2 N–H and O–H groups in total.